The average Bonchev–Trinajstić information content (AvgIpc) is 3.24. The van der Waals surface area contributed by atoms with Crippen molar-refractivity contribution in [2.45, 2.75) is 63.5 Å². The molecule has 0 aromatic carbocycles. The molecule has 0 radical (unpaired) electrons. The number of rotatable bonds is 3. The SMILES string of the molecule is Cc1noc2nc(C3CC3)cc(C(=O)N[C@@H]3CCC[C@@H]4OCC[C@H]43)c12. The third-order valence-electron chi connectivity index (χ3n) is 5.97. The van der Waals surface area contributed by atoms with E-state index in [0.717, 1.165) is 61.9 Å². The zero-order valence-electron chi connectivity index (χ0n) is 14.5. The highest BCUT2D eigenvalue weighted by Crippen LogP contribution is 2.40. The first-order valence-electron chi connectivity index (χ1n) is 9.40. The van der Waals surface area contributed by atoms with Crippen LogP contribution in [0.5, 0.6) is 0 Å². The first-order valence-corrected chi connectivity index (χ1v) is 9.40. The molecule has 2 aliphatic carbocycles. The maximum Gasteiger partial charge on any atom is 0.259 e. The molecule has 2 aromatic heterocycles. The Morgan fingerprint density at radius 2 is 2.12 bits per heavy atom. The Morgan fingerprint density at radius 3 is 2.96 bits per heavy atom. The molecule has 3 fully saturated rings. The summed E-state index contributed by atoms with van der Waals surface area (Å²) in [4.78, 5) is 17.7. The van der Waals surface area contributed by atoms with Gasteiger partial charge in [-0.15, -0.1) is 0 Å². The summed E-state index contributed by atoms with van der Waals surface area (Å²) < 4.78 is 11.2. The standard InChI is InChI=1S/C19H23N3O3/c1-10-17-13(9-15(11-5-6-11)21-19(17)25-22-10)18(23)20-14-3-2-4-16-12(14)7-8-24-16/h9,11-12,14,16H,2-8H2,1H3,(H,20,23)/t12-,14+,16-/m0/s1. The van der Waals surface area contributed by atoms with Crippen molar-refractivity contribution in [3.05, 3.63) is 23.0 Å². The van der Waals surface area contributed by atoms with E-state index < -0.39 is 0 Å². The number of nitrogens with one attached hydrogen (secondary N) is 1. The Labute approximate surface area is 146 Å². The van der Waals surface area contributed by atoms with Gasteiger partial charge < -0.3 is 14.6 Å². The third-order valence-corrected chi connectivity index (χ3v) is 5.97. The monoisotopic (exact) mass is 341 g/mol. The molecule has 25 heavy (non-hydrogen) atoms. The van der Waals surface area contributed by atoms with E-state index in [4.69, 9.17) is 9.26 Å². The van der Waals surface area contributed by atoms with Gasteiger partial charge in [0.25, 0.3) is 11.6 Å². The minimum absolute atomic E-state index is 0.0295. The van der Waals surface area contributed by atoms with E-state index in [9.17, 15) is 4.79 Å². The second-order valence-electron chi connectivity index (χ2n) is 7.69. The predicted octanol–water partition coefficient (Wildman–Crippen LogP) is 3.10. The van der Waals surface area contributed by atoms with Crippen LogP contribution in [0.15, 0.2) is 10.6 Å². The topological polar surface area (TPSA) is 77.2 Å². The second kappa shape index (κ2) is 5.80. The van der Waals surface area contributed by atoms with Crippen molar-refractivity contribution in [1.29, 1.82) is 0 Å². The Morgan fingerprint density at radius 1 is 1.24 bits per heavy atom. The molecule has 0 spiro atoms. The Bertz CT molecular complexity index is 827. The Hall–Kier alpha value is -1.95. The van der Waals surface area contributed by atoms with E-state index in [0.29, 0.717) is 29.2 Å². The van der Waals surface area contributed by atoms with Crippen LogP contribution >= 0.6 is 0 Å². The van der Waals surface area contributed by atoms with Crippen LogP contribution in [0.25, 0.3) is 11.1 Å². The van der Waals surface area contributed by atoms with Crippen LogP contribution in [0.1, 0.15) is 66.2 Å². The summed E-state index contributed by atoms with van der Waals surface area (Å²) in [6.45, 7) is 2.68. The number of carbonyl (C=O) groups is 1. The molecule has 3 heterocycles. The molecule has 1 amide bonds. The number of pyridine rings is 1. The molecule has 3 aliphatic rings. The van der Waals surface area contributed by atoms with Gasteiger partial charge in [-0.05, 0) is 51.5 Å². The normalized spacial score (nSPS) is 28.9. The Balaban J connectivity index is 1.47. The smallest absolute Gasteiger partial charge is 0.259 e. The molecule has 1 N–H and O–H groups in total. The van der Waals surface area contributed by atoms with Crippen molar-refractivity contribution in [3.63, 3.8) is 0 Å². The Kier molecular flexibility index (Phi) is 3.55. The lowest BCUT2D eigenvalue weighted by Gasteiger charge is -2.33. The number of hydrogen-bond acceptors (Lipinski definition) is 5. The van der Waals surface area contributed by atoms with Crippen LogP contribution in [-0.4, -0.2) is 34.8 Å². The van der Waals surface area contributed by atoms with E-state index in [1.165, 1.54) is 0 Å². The lowest BCUT2D eigenvalue weighted by Crippen LogP contribution is -2.45. The molecular weight excluding hydrogens is 318 g/mol. The lowest BCUT2D eigenvalue weighted by atomic mass is 9.81. The fourth-order valence-electron chi connectivity index (χ4n) is 4.48. The van der Waals surface area contributed by atoms with Gasteiger partial charge in [0.1, 0.15) is 0 Å². The van der Waals surface area contributed by atoms with Gasteiger partial charge in [-0.25, -0.2) is 4.98 Å². The molecule has 2 aromatic rings. The molecule has 0 bridgehead atoms. The summed E-state index contributed by atoms with van der Waals surface area (Å²) in [6, 6.07) is 2.15. The van der Waals surface area contributed by atoms with Crippen molar-refractivity contribution < 1.29 is 14.1 Å². The van der Waals surface area contributed by atoms with Crippen LogP contribution in [0.4, 0.5) is 0 Å². The molecule has 1 saturated heterocycles. The van der Waals surface area contributed by atoms with E-state index in [1.807, 2.05) is 13.0 Å². The average molecular weight is 341 g/mol. The van der Waals surface area contributed by atoms with E-state index in [-0.39, 0.29) is 11.9 Å². The highest BCUT2D eigenvalue weighted by molar-refractivity contribution is 6.06. The predicted molar refractivity (Wildman–Crippen MR) is 91.5 cm³/mol. The number of ether oxygens (including phenoxy) is 1. The number of amides is 1. The van der Waals surface area contributed by atoms with Crippen molar-refractivity contribution in [3.8, 4) is 0 Å². The number of nitrogens with zero attached hydrogens (tertiary/aromatic N) is 2. The highest BCUT2D eigenvalue weighted by Gasteiger charge is 2.38. The molecule has 132 valence electrons. The first kappa shape index (κ1) is 15.3. The van der Waals surface area contributed by atoms with Crippen LogP contribution in [-0.2, 0) is 4.74 Å². The molecule has 6 heteroatoms. The van der Waals surface area contributed by atoms with Crippen LogP contribution in [0.3, 0.4) is 0 Å². The van der Waals surface area contributed by atoms with Gasteiger partial charge >= 0.3 is 0 Å². The molecule has 0 unspecified atom stereocenters. The maximum atomic E-state index is 13.1. The minimum atomic E-state index is -0.0295. The van der Waals surface area contributed by atoms with Crippen LogP contribution in [0.2, 0.25) is 0 Å². The van der Waals surface area contributed by atoms with E-state index >= 15 is 0 Å². The molecule has 2 saturated carbocycles. The first-order chi connectivity index (χ1) is 12.2. The highest BCUT2D eigenvalue weighted by atomic mass is 16.5. The zero-order chi connectivity index (χ0) is 17.0. The number of carbonyl (C=O) groups excluding carboxylic acids is 1. The van der Waals surface area contributed by atoms with Crippen molar-refractivity contribution in [2.24, 2.45) is 5.92 Å². The fourth-order valence-corrected chi connectivity index (χ4v) is 4.48. The van der Waals surface area contributed by atoms with Gasteiger partial charge in [0.2, 0.25) is 0 Å². The summed E-state index contributed by atoms with van der Waals surface area (Å²) in [5, 5.41) is 8.06. The van der Waals surface area contributed by atoms with Crippen molar-refractivity contribution >= 4 is 17.0 Å². The number of fused-ring (bicyclic) bond motifs is 2. The van der Waals surface area contributed by atoms with Crippen LogP contribution < -0.4 is 5.32 Å². The van der Waals surface area contributed by atoms with Gasteiger partial charge in [-0.1, -0.05) is 5.16 Å². The van der Waals surface area contributed by atoms with Crippen molar-refractivity contribution in [1.82, 2.24) is 15.5 Å². The molecule has 6 nitrogen and oxygen atoms in total. The number of aromatic nitrogens is 2. The zero-order valence-corrected chi connectivity index (χ0v) is 14.5. The van der Waals surface area contributed by atoms with Gasteiger partial charge in [-0.3, -0.25) is 4.79 Å². The molecule has 1 aliphatic heterocycles. The maximum absolute atomic E-state index is 13.1. The van der Waals surface area contributed by atoms with Crippen molar-refractivity contribution in [2.75, 3.05) is 6.61 Å². The number of hydrogen-bond donors (Lipinski definition) is 1. The summed E-state index contributed by atoms with van der Waals surface area (Å²) in [7, 11) is 0. The van der Waals surface area contributed by atoms with Gasteiger partial charge in [0.15, 0.2) is 0 Å². The fraction of sp³-hybridized carbons (Fsp3) is 0.632. The molecule has 3 atom stereocenters. The summed E-state index contributed by atoms with van der Waals surface area (Å²) >= 11 is 0. The quantitative estimate of drug-likeness (QED) is 0.928. The largest absolute Gasteiger partial charge is 0.378 e. The van der Waals surface area contributed by atoms with Gasteiger partial charge in [-0.2, -0.15) is 0 Å². The van der Waals surface area contributed by atoms with Crippen LogP contribution in [0, 0.1) is 12.8 Å². The summed E-state index contributed by atoms with van der Waals surface area (Å²) in [5.74, 6) is 0.878. The van der Waals surface area contributed by atoms with E-state index in [2.05, 4.69) is 15.5 Å². The summed E-state index contributed by atoms with van der Waals surface area (Å²) in [6.07, 6.45) is 6.89. The minimum Gasteiger partial charge on any atom is -0.378 e. The van der Waals surface area contributed by atoms with Gasteiger partial charge in [0.05, 0.1) is 22.7 Å². The summed E-state index contributed by atoms with van der Waals surface area (Å²) in [5.41, 5.74) is 2.82. The third kappa shape index (κ3) is 2.63. The van der Waals surface area contributed by atoms with Gasteiger partial charge in [0, 0.05) is 30.2 Å². The number of aryl methyl sites for hydroxylation is 1. The lowest BCUT2D eigenvalue weighted by molar-refractivity contribution is 0.0510. The molecule has 5 rings (SSSR count). The molecular formula is C19H23N3O3. The van der Waals surface area contributed by atoms with E-state index in [1.54, 1.807) is 0 Å². The second-order valence-corrected chi connectivity index (χ2v) is 7.69.